The number of rotatable bonds is 4. The maximum absolute atomic E-state index is 12.3. The Morgan fingerprint density at radius 2 is 1.67 bits per heavy atom. The normalized spacial score (nSPS) is 11.4. The summed E-state index contributed by atoms with van der Waals surface area (Å²) in [5, 5.41) is 10.6. The molecule has 0 spiro atoms. The average molecular weight is 434 g/mol. The number of anilines is 1. The Labute approximate surface area is 164 Å². The Morgan fingerprint density at radius 1 is 1.04 bits per heavy atom. The molecule has 0 unspecified atom stereocenters. The van der Waals surface area contributed by atoms with Crippen molar-refractivity contribution in [2.45, 2.75) is 10.4 Å². The van der Waals surface area contributed by atoms with E-state index in [4.69, 9.17) is 27.6 Å². The molecule has 0 aliphatic carbocycles. The largest absolute Gasteiger partial charge is 0.446 e. The maximum Gasteiger partial charge on any atom is 0.446 e. The van der Waals surface area contributed by atoms with Crippen molar-refractivity contribution in [3.63, 3.8) is 0 Å². The van der Waals surface area contributed by atoms with Gasteiger partial charge in [0.05, 0.1) is 0 Å². The Kier molecular flexibility index (Phi) is 5.64. The number of benzene rings is 2. The average Bonchev–Trinajstić information content (AvgIpc) is 3.01. The Bertz CT molecular complexity index is 958. The van der Waals surface area contributed by atoms with E-state index in [1.807, 2.05) is 0 Å². The van der Waals surface area contributed by atoms with Crippen LogP contribution in [0.3, 0.4) is 0 Å². The first kappa shape index (κ1) is 19.5. The van der Waals surface area contributed by atoms with Crippen LogP contribution in [0.2, 0.25) is 10.0 Å². The number of aromatic nitrogens is 2. The molecule has 1 heterocycles. The molecule has 0 aliphatic heterocycles. The lowest BCUT2D eigenvalue weighted by molar-refractivity contribution is -0.0328. The van der Waals surface area contributed by atoms with Gasteiger partial charge in [-0.2, -0.15) is 13.2 Å². The quantitative estimate of drug-likeness (QED) is 0.518. The first-order valence-electron chi connectivity index (χ1n) is 7.17. The standard InChI is InChI=1S/C16H8Cl2F3N3O2S/c17-10-5-9(6-11(18)7-10)14-23-24-15(26-14)22-13(25)8-1-3-12(4-2-8)27-16(19,20)21/h1-7H,(H,22,24,25). The minimum Gasteiger partial charge on any atom is -0.403 e. The van der Waals surface area contributed by atoms with E-state index in [2.05, 4.69) is 15.5 Å². The highest BCUT2D eigenvalue weighted by Gasteiger charge is 2.29. The summed E-state index contributed by atoms with van der Waals surface area (Å²) in [5.74, 6) is -0.524. The summed E-state index contributed by atoms with van der Waals surface area (Å²) < 4.78 is 42.3. The molecule has 0 radical (unpaired) electrons. The Hall–Kier alpha value is -2.23. The lowest BCUT2D eigenvalue weighted by Gasteiger charge is -2.06. The summed E-state index contributed by atoms with van der Waals surface area (Å²) in [6, 6.07) is 9.38. The minimum absolute atomic E-state index is 0.0306. The number of alkyl halides is 3. The van der Waals surface area contributed by atoms with Gasteiger partial charge in [-0.15, -0.1) is 5.10 Å². The molecule has 1 N–H and O–H groups in total. The molecule has 3 aromatic rings. The number of thioether (sulfide) groups is 1. The Balaban J connectivity index is 1.70. The van der Waals surface area contributed by atoms with Crippen molar-refractivity contribution in [1.82, 2.24) is 10.2 Å². The predicted octanol–water partition coefficient (Wildman–Crippen LogP) is 5.91. The third kappa shape index (κ3) is 5.38. The second-order valence-electron chi connectivity index (χ2n) is 5.10. The monoisotopic (exact) mass is 433 g/mol. The summed E-state index contributed by atoms with van der Waals surface area (Å²) in [7, 11) is 0. The summed E-state index contributed by atoms with van der Waals surface area (Å²) in [6.45, 7) is 0. The van der Waals surface area contributed by atoms with E-state index in [1.165, 1.54) is 30.3 Å². The smallest absolute Gasteiger partial charge is 0.403 e. The fraction of sp³-hybridized carbons (Fsp3) is 0.0625. The highest BCUT2D eigenvalue weighted by atomic mass is 35.5. The van der Waals surface area contributed by atoms with Gasteiger partial charge in [-0.25, -0.2) is 0 Å². The highest BCUT2D eigenvalue weighted by molar-refractivity contribution is 8.00. The van der Waals surface area contributed by atoms with Gasteiger partial charge in [0.2, 0.25) is 5.89 Å². The molecule has 27 heavy (non-hydrogen) atoms. The lowest BCUT2D eigenvalue weighted by atomic mass is 10.2. The molecule has 0 bridgehead atoms. The minimum atomic E-state index is -4.40. The summed E-state index contributed by atoms with van der Waals surface area (Å²) in [4.78, 5) is 12.1. The van der Waals surface area contributed by atoms with Gasteiger partial charge >= 0.3 is 11.5 Å². The van der Waals surface area contributed by atoms with Gasteiger partial charge in [0.25, 0.3) is 5.91 Å². The predicted molar refractivity (Wildman–Crippen MR) is 96.1 cm³/mol. The van der Waals surface area contributed by atoms with E-state index in [1.54, 1.807) is 12.1 Å². The number of carbonyl (C=O) groups is 1. The molecule has 11 heteroatoms. The van der Waals surface area contributed by atoms with Crippen LogP contribution >= 0.6 is 35.0 Å². The number of nitrogens with one attached hydrogen (secondary N) is 1. The highest BCUT2D eigenvalue weighted by Crippen LogP contribution is 2.36. The van der Waals surface area contributed by atoms with Gasteiger partial charge in [-0.1, -0.05) is 28.3 Å². The first-order chi connectivity index (χ1) is 12.7. The molecule has 3 rings (SSSR count). The zero-order valence-corrected chi connectivity index (χ0v) is 15.4. The zero-order valence-electron chi connectivity index (χ0n) is 13.1. The van der Waals surface area contributed by atoms with E-state index >= 15 is 0 Å². The molecular weight excluding hydrogens is 426 g/mol. The van der Waals surface area contributed by atoms with Gasteiger partial charge in [0, 0.05) is 26.1 Å². The lowest BCUT2D eigenvalue weighted by Crippen LogP contribution is -2.12. The van der Waals surface area contributed by atoms with Crippen LogP contribution in [0.25, 0.3) is 11.5 Å². The number of carbonyl (C=O) groups excluding carboxylic acids is 1. The van der Waals surface area contributed by atoms with Gasteiger partial charge in [0.15, 0.2) is 0 Å². The van der Waals surface area contributed by atoms with E-state index in [0.717, 1.165) is 0 Å². The molecule has 140 valence electrons. The second-order valence-corrected chi connectivity index (χ2v) is 7.11. The number of amides is 1. The van der Waals surface area contributed by atoms with E-state index in [9.17, 15) is 18.0 Å². The fourth-order valence-corrected chi connectivity index (χ4v) is 3.11. The number of nitrogens with zero attached hydrogens (tertiary/aromatic N) is 2. The summed E-state index contributed by atoms with van der Waals surface area (Å²) in [6.07, 6.45) is 0. The molecule has 1 aromatic heterocycles. The van der Waals surface area contributed by atoms with Gasteiger partial charge in [0.1, 0.15) is 0 Å². The van der Waals surface area contributed by atoms with Crippen molar-refractivity contribution < 1.29 is 22.4 Å². The van der Waals surface area contributed by atoms with Crippen LogP contribution in [0, 0.1) is 0 Å². The van der Waals surface area contributed by atoms with Crippen LogP contribution in [0.15, 0.2) is 51.8 Å². The third-order valence-corrected chi connectivity index (χ3v) is 4.28. The van der Waals surface area contributed by atoms with E-state index < -0.39 is 11.4 Å². The van der Waals surface area contributed by atoms with Crippen molar-refractivity contribution in [2.24, 2.45) is 0 Å². The van der Waals surface area contributed by atoms with Gasteiger partial charge in [-0.05, 0) is 54.2 Å². The maximum atomic E-state index is 12.3. The van der Waals surface area contributed by atoms with Crippen molar-refractivity contribution in [3.8, 4) is 11.5 Å². The van der Waals surface area contributed by atoms with E-state index in [0.29, 0.717) is 15.6 Å². The molecular formula is C16H8Cl2F3N3O2S. The fourth-order valence-electron chi connectivity index (χ4n) is 2.04. The molecule has 5 nitrogen and oxygen atoms in total. The Morgan fingerprint density at radius 3 is 2.26 bits per heavy atom. The van der Waals surface area contributed by atoms with Crippen LogP contribution in [-0.2, 0) is 0 Å². The molecule has 2 aromatic carbocycles. The van der Waals surface area contributed by atoms with Crippen molar-refractivity contribution in [1.29, 1.82) is 0 Å². The summed E-state index contributed by atoms with van der Waals surface area (Å²) in [5.41, 5.74) is -3.80. The van der Waals surface area contributed by atoms with Crippen molar-refractivity contribution in [3.05, 3.63) is 58.1 Å². The van der Waals surface area contributed by atoms with Crippen LogP contribution in [0.5, 0.6) is 0 Å². The second kappa shape index (κ2) is 7.79. The third-order valence-electron chi connectivity index (χ3n) is 3.11. The molecule has 1 amide bonds. The van der Waals surface area contributed by atoms with Crippen molar-refractivity contribution in [2.75, 3.05) is 5.32 Å². The van der Waals surface area contributed by atoms with Gasteiger partial charge < -0.3 is 4.42 Å². The topological polar surface area (TPSA) is 68.0 Å². The molecule has 0 atom stereocenters. The summed E-state index contributed by atoms with van der Waals surface area (Å²) >= 11 is 11.6. The van der Waals surface area contributed by atoms with Crippen LogP contribution < -0.4 is 5.32 Å². The number of hydrogen-bond donors (Lipinski definition) is 1. The van der Waals surface area contributed by atoms with Crippen LogP contribution in [0.4, 0.5) is 19.2 Å². The molecule has 0 saturated heterocycles. The van der Waals surface area contributed by atoms with E-state index in [-0.39, 0.29) is 34.1 Å². The number of halogens is 5. The van der Waals surface area contributed by atoms with Crippen LogP contribution in [0.1, 0.15) is 10.4 Å². The SMILES string of the molecule is O=C(Nc1nnc(-c2cc(Cl)cc(Cl)c2)o1)c1ccc(SC(F)(F)F)cc1. The molecule has 0 fully saturated rings. The molecule has 0 saturated carbocycles. The van der Waals surface area contributed by atoms with Crippen molar-refractivity contribution >= 4 is 46.9 Å². The number of hydrogen-bond acceptors (Lipinski definition) is 5. The van der Waals surface area contributed by atoms with Crippen LogP contribution in [-0.4, -0.2) is 21.6 Å². The molecule has 0 aliphatic rings. The first-order valence-corrected chi connectivity index (χ1v) is 8.74. The zero-order chi connectivity index (χ0) is 19.6. The van der Waals surface area contributed by atoms with Gasteiger partial charge in [-0.3, -0.25) is 10.1 Å².